The van der Waals surface area contributed by atoms with Gasteiger partial charge in [-0.3, -0.25) is 9.78 Å². The highest BCUT2D eigenvalue weighted by Crippen LogP contribution is 2.12. The van der Waals surface area contributed by atoms with Crippen LogP contribution in [0.4, 0.5) is 0 Å². The van der Waals surface area contributed by atoms with Gasteiger partial charge in [0.15, 0.2) is 0 Å². The molecule has 20 heavy (non-hydrogen) atoms. The zero-order valence-corrected chi connectivity index (χ0v) is 12.4. The van der Waals surface area contributed by atoms with E-state index in [0.29, 0.717) is 22.2 Å². The number of nitrogens with zero attached hydrogens (tertiary/aromatic N) is 1. The minimum atomic E-state index is -0.427. The van der Waals surface area contributed by atoms with Crippen molar-refractivity contribution in [3.05, 3.63) is 65.0 Å². The van der Waals surface area contributed by atoms with Crippen LogP contribution < -0.4 is 0 Å². The Labute approximate surface area is 124 Å². The molecule has 0 N–H and O–H groups in total. The molecule has 0 aliphatic heterocycles. The monoisotopic (exact) mass is 333 g/mol. The van der Waals surface area contributed by atoms with Gasteiger partial charge < -0.3 is 4.74 Å². The number of ether oxygens (including phenoxy) is 1. The van der Waals surface area contributed by atoms with Crippen LogP contribution >= 0.6 is 15.9 Å². The Morgan fingerprint density at radius 1 is 1.10 bits per heavy atom. The lowest BCUT2D eigenvalue weighted by Crippen LogP contribution is -2.06. The van der Waals surface area contributed by atoms with Gasteiger partial charge in [0, 0.05) is 17.1 Å². The van der Waals surface area contributed by atoms with E-state index < -0.39 is 5.97 Å². The van der Waals surface area contributed by atoms with Crippen LogP contribution in [-0.2, 0) is 10.1 Å². The van der Waals surface area contributed by atoms with Crippen molar-refractivity contribution in [3.8, 4) is 0 Å². The van der Waals surface area contributed by atoms with Crippen LogP contribution in [0.25, 0.3) is 0 Å². The van der Waals surface area contributed by atoms with Crippen LogP contribution in [0.15, 0.2) is 42.6 Å². The van der Waals surface area contributed by atoms with E-state index in [4.69, 9.17) is 0 Å². The summed E-state index contributed by atoms with van der Waals surface area (Å²) < 4.78 is 4.61. The SMILES string of the molecule is COC(=O)c1ccc(C(=O)c2ccc(CBr)cn2)cc1. The van der Waals surface area contributed by atoms with Crippen LogP contribution in [0.1, 0.15) is 32.0 Å². The minimum absolute atomic E-state index is 0.178. The molecule has 0 bridgehead atoms. The maximum Gasteiger partial charge on any atom is 0.337 e. The minimum Gasteiger partial charge on any atom is -0.465 e. The fourth-order valence-corrected chi connectivity index (χ4v) is 1.99. The Kier molecular flexibility index (Phi) is 4.63. The molecule has 0 spiro atoms. The highest BCUT2D eigenvalue weighted by Gasteiger charge is 2.12. The molecule has 102 valence electrons. The third-order valence-corrected chi connectivity index (χ3v) is 3.43. The van der Waals surface area contributed by atoms with E-state index in [9.17, 15) is 9.59 Å². The molecule has 0 aliphatic carbocycles. The molecule has 0 saturated heterocycles. The van der Waals surface area contributed by atoms with Crippen LogP contribution in [0.5, 0.6) is 0 Å². The van der Waals surface area contributed by atoms with Crippen LogP contribution in [0.2, 0.25) is 0 Å². The van der Waals surface area contributed by atoms with E-state index in [1.54, 1.807) is 36.5 Å². The number of carbonyl (C=O) groups excluding carboxylic acids is 2. The normalized spacial score (nSPS) is 10.1. The highest BCUT2D eigenvalue weighted by molar-refractivity contribution is 9.08. The number of rotatable bonds is 4. The first kappa shape index (κ1) is 14.4. The number of ketones is 1. The molecule has 0 radical (unpaired) electrons. The van der Waals surface area contributed by atoms with Gasteiger partial charge in [-0.25, -0.2) is 4.79 Å². The van der Waals surface area contributed by atoms with Gasteiger partial charge in [0.25, 0.3) is 0 Å². The summed E-state index contributed by atoms with van der Waals surface area (Å²) in [7, 11) is 1.32. The number of alkyl halides is 1. The van der Waals surface area contributed by atoms with Gasteiger partial charge in [-0.2, -0.15) is 0 Å². The van der Waals surface area contributed by atoms with E-state index >= 15 is 0 Å². The van der Waals surface area contributed by atoms with Gasteiger partial charge in [-0.1, -0.05) is 34.1 Å². The predicted octanol–water partition coefficient (Wildman–Crippen LogP) is 2.99. The topological polar surface area (TPSA) is 56.3 Å². The van der Waals surface area contributed by atoms with E-state index in [2.05, 4.69) is 25.7 Å². The lowest BCUT2D eigenvalue weighted by atomic mass is 10.1. The Balaban J connectivity index is 2.22. The Hall–Kier alpha value is -2.01. The van der Waals surface area contributed by atoms with E-state index in [0.717, 1.165) is 5.56 Å². The second-order valence-electron chi connectivity index (χ2n) is 4.08. The molecule has 0 saturated carbocycles. The molecule has 0 aliphatic rings. The average Bonchev–Trinajstić information content (AvgIpc) is 2.53. The Morgan fingerprint density at radius 3 is 2.25 bits per heavy atom. The molecule has 1 aromatic heterocycles. The van der Waals surface area contributed by atoms with Gasteiger partial charge in [-0.05, 0) is 23.8 Å². The first-order valence-electron chi connectivity index (χ1n) is 5.89. The molecule has 0 fully saturated rings. The average molecular weight is 334 g/mol. The molecule has 1 aromatic carbocycles. The first-order valence-corrected chi connectivity index (χ1v) is 7.02. The lowest BCUT2D eigenvalue weighted by Gasteiger charge is -2.03. The fraction of sp³-hybridized carbons (Fsp3) is 0.133. The van der Waals surface area contributed by atoms with Crippen molar-refractivity contribution < 1.29 is 14.3 Å². The number of methoxy groups -OCH3 is 1. The maximum atomic E-state index is 12.2. The van der Waals surface area contributed by atoms with Crippen molar-refractivity contribution in [2.75, 3.05) is 7.11 Å². The number of benzene rings is 1. The summed E-state index contributed by atoms with van der Waals surface area (Å²) in [5.41, 5.74) is 2.27. The number of hydrogen-bond acceptors (Lipinski definition) is 4. The van der Waals surface area contributed by atoms with E-state index in [1.165, 1.54) is 7.11 Å². The Bertz CT molecular complexity index is 621. The second-order valence-corrected chi connectivity index (χ2v) is 4.64. The summed E-state index contributed by atoms with van der Waals surface area (Å²) in [5.74, 6) is -0.605. The number of esters is 1. The second kappa shape index (κ2) is 6.43. The summed E-state index contributed by atoms with van der Waals surface area (Å²) in [4.78, 5) is 27.6. The molecule has 5 heteroatoms. The summed E-state index contributed by atoms with van der Waals surface area (Å²) in [6.07, 6.45) is 1.66. The first-order chi connectivity index (χ1) is 9.65. The molecule has 0 atom stereocenters. The third-order valence-electron chi connectivity index (χ3n) is 2.78. The van der Waals surface area contributed by atoms with Crippen molar-refractivity contribution in [1.82, 2.24) is 4.98 Å². The molecule has 4 nitrogen and oxygen atoms in total. The van der Waals surface area contributed by atoms with Crippen LogP contribution in [0, 0.1) is 0 Å². The smallest absolute Gasteiger partial charge is 0.337 e. The van der Waals surface area contributed by atoms with Crippen molar-refractivity contribution in [2.24, 2.45) is 0 Å². The standard InChI is InChI=1S/C15H12BrNO3/c1-20-15(19)12-5-3-11(4-6-12)14(18)13-7-2-10(8-16)9-17-13/h2-7,9H,8H2,1H3. The van der Waals surface area contributed by atoms with Crippen LogP contribution in [-0.4, -0.2) is 23.8 Å². The summed E-state index contributed by atoms with van der Waals surface area (Å²) in [6.45, 7) is 0. The number of aromatic nitrogens is 1. The molecule has 0 unspecified atom stereocenters. The molecule has 0 amide bonds. The van der Waals surface area contributed by atoms with Crippen molar-refractivity contribution in [3.63, 3.8) is 0 Å². The maximum absolute atomic E-state index is 12.2. The van der Waals surface area contributed by atoms with Gasteiger partial charge in [0.2, 0.25) is 5.78 Å². The largest absolute Gasteiger partial charge is 0.465 e. The van der Waals surface area contributed by atoms with Crippen molar-refractivity contribution >= 4 is 27.7 Å². The molecule has 1 heterocycles. The summed E-state index contributed by atoms with van der Waals surface area (Å²) >= 11 is 3.32. The van der Waals surface area contributed by atoms with Crippen molar-refractivity contribution in [2.45, 2.75) is 5.33 Å². The van der Waals surface area contributed by atoms with Crippen molar-refractivity contribution in [1.29, 1.82) is 0 Å². The number of carbonyl (C=O) groups is 2. The molecular weight excluding hydrogens is 322 g/mol. The van der Waals surface area contributed by atoms with Gasteiger partial charge in [-0.15, -0.1) is 0 Å². The summed E-state index contributed by atoms with van der Waals surface area (Å²) in [5, 5.41) is 0.697. The fourth-order valence-electron chi connectivity index (χ4n) is 1.66. The number of hydrogen-bond donors (Lipinski definition) is 0. The van der Waals surface area contributed by atoms with Gasteiger partial charge >= 0.3 is 5.97 Å². The third kappa shape index (κ3) is 3.11. The van der Waals surface area contributed by atoms with Gasteiger partial charge in [0.05, 0.1) is 12.7 Å². The summed E-state index contributed by atoms with van der Waals surface area (Å²) in [6, 6.07) is 9.84. The van der Waals surface area contributed by atoms with Crippen LogP contribution in [0.3, 0.4) is 0 Å². The zero-order valence-electron chi connectivity index (χ0n) is 10.8. The lowest BCUT2D eigenvalue weighted by molar-refractivity contribution is 0.0600. The molecular formula is C15H12BrNO3. The number of pyridine rings is 1. The zero-order chi connectivity index (χ0) is 14.5. The quantitative estimate of drug-likeness (QED) is 0.490. The number of halogens is 1. The molecule has 2 rings (SSSR count). The van der Waals surface area contributed by atoms with E-state index in [1.807, 2.05) is 6.07 Å². The predicted molar refractivity (Wildman–Crippen MR) is 78.1 cm³/mol. The van der Waals surface area contributed by atoms with E-state index in [-0.39, 0.29) is 5.78 Å². The molecule has 2 aromatic rings. The Morgan fingerprint density at radius 2 is 1.75 bits per heavy atom. The van der Waals surface area contributed by atoms with Gasteiger partial charge in [0.1, 0.15) is 5.69 Å². The highest BCUT2D eigenvalue weighted by atomic mass is 79.9.